The van der Waals surface area contributed by atoms with Gasteiger partial charge in [0.15, 0.2) is 0 Å². The molecule has 0 saturated carbocycles. The predicted octanol–water partition coefficient (Wildman–Crippen LogP) is 1.70. The molecular weight excluding hydrogens is 167 g/mol. The van der Waals surface area contributed by atoms with Crippen molar-refractivity contribution in [2.24, 2.45) is 0 Å². The maximum Gasteiger partial charge on any atom is 0 e. The molecule has 0 aliphatic heterocycles. The summed E-state index contributed by atoms with van der Waals surface area (Å²) in [6, 6.07) is 0. The molecule has 0 radical (unpaired) electrons. The monoisotopic (exact) mass is 177 g/mol. The Hall–Kier alpha value is 1.10. The average Bonchev–Trinajstić information content (AvgIpc) is 0.722. The maximum atomic E-state index is 3.91. The molecule has 0 heterocycles. The fourth-order valence-electron chi connectivity index (χ4n) is 0. The van der Waals surface area contributed by atoms with Gasteiger partial charge in [-0.2, -0.15) is 0 Å². The minimum atomic E-state index is -0.861. The molecule has 0 amide bonds. The summed E-state index contributed by atoms with van der Waals surface area (Å²) in [5.74, 6) is 0. The second-order valence-corrected chi connectivity index (χ2v) is 7.68. The smallest absolute Gasteiger partial charge is 0 e. The maximum absolute atomic E-state index is 3.91. The van der Waals surface area contributed by atoms with E-state index < -0.39 is 8.07 Å². The molecule has 0 rings (SSSR count). The van der Waals surface area contributed by atoms with Crippen LogP contribution in [0.5, 0.6) is 0 Å². The fourth-order valence-corrected chi connectivity index (χ4v) is 0. The average molecular weight is 178 g/mol. The first-order valence-electron chi connectivity index (χ1n) is 1.85. The van der Waals surface area contributed by atoms with E-state index in [-0.39, 0.29) is 26.2 Å². The van der Waals surface area contributed by atoms with Crippen molar-refractivity contribution in [3.8, 4) is 0 Å². The van der Waals surface area contributed by atoms with E-state index in [1.807, 2.05) is 0 Å². The van der Waals surface area contributed by atoms with Crippen LogP contribution in [0.4, 0.5) is 0 Å². The molecule has 0 spiro atoms. The number of hydrogen-bond acceptors (Lipinski definition) is 0. The Bertz CT molecular complexity index is 23.0. The van der Waals surface area contributed by atoms with Crippen LogP contribution in [0, 0.1) is 6.55 Å². The van der Waals surface area contributed by atoms with E-state index in [9.17, 15) is 0 Å². The second-order valence-electron chi connectivity index (χ2n) is 2.56. The third-order valence-electron chi connectivity index (χ3n) is 0. The number of rotatable bonds is 0. The molecule has 0 aromatic heterocycles. The van der Waals surface area contributed by atoms with Gasteiger partial charge in [0, 0.05) is 26.2 Å². The summed E-state index contributed by atoms with van der Waals surface area (Å²) in [6.45, 7) is 10.6. The van der Waals surface area contributed by atoms with E-state index in [4.69, 9.17) is 0 Å². The molecule has 2 heteroatoms. The minimum Gasteiger partial charge on any atom is -0.342 e. The van der Waals surface area contributed by atoms with Crippen molar-refractivity contribution < 1.29 is 26.2 Å². The van der Waals surface area contributed by atoms with Crippen molar-refractivity contribution in [3.05, 3.63) is 6.55 Å². The van der Waals surface area contributed by atoms with Crippen molar-refractivity contribution in [2.45, 2.75) is 19.6 Å². The van der Waals surface area contributed by atoms with Crippen molar-refractivity contribution in [2.75, 3.05) is 0 Å². The van der Waals surface area contributed by atoms with Gasteiger partial charge in [0.1, 0.15) is 0 Å². The molecule has 0 aliphatic carbocycles. The van der Waals surface area contributed by atoms with Crippen LogP contribution in [-0.2, 0) is 26.2 Å². The summed E-state index contributed by atoms with van der Waals surface area (Å²) >= 11 is 0. The van der Waals surface area contributed by atoms with Crippen LogP contribution < -0.4 is 0 Å². The standard InChI is InChI=1S/C4H11Si.Zr/c1-5(2,3)4;/h1H2,2-4H3;/q-1;. The van der Waals surface area contributed by atoms with Crippen molar-refractivity contribution in [3.63, 3.8) is 0 Å². The van der Waals surface area contributed by atoms with E-state index in [1.54, 1.807) is 0 Å². The van der Waals surface area contributed by atoms with Gasteiger partial charge in [0.05, 0.1) is 0 Å². The van der Waals surface area contributed by atoms with E-state index in [1.165, 1.54) is 0 Å². The van der Waals surface area contributed by atoms with Gasteiger partial charge in [-0.25, -0.2) is 0 Å². The van der Waals surface area contributed by atoms with E-state index in [0.717, 1.165) is 0 Å². The first-order valence-corrected chi connectivity index (χ1v) is 5.56. The minimum absolute atomic E-state index is 0. The molecule has 0 bridgehead atoms. The largest absolute Gasteiger partial charge is 0.342 e. The number of hydrogen-bond donors (Lipinski definition) is 0. The first kappa shape index (κ1) is 10.2. The summed E-state index contributed by atoms with van der Waals surface area (Å²) < 4.78 is 0. The molecule has 0 unspecified atom stereocenters. The zero-order valence-electron chi connectivity index (χ0n) is 4.71. The molecule has 0 fully saturated rings. The van der Waals surface area contributed by atoms with Crippen molar-refractivity contribution in [1.82, 2.24) is 0 Å². The van der Waals surface area contributed by atoms with E-state index >= 15 is 0 Å². The Morgan fingerprint density at radius 1 is 1.17 bits per heavy atom. The quantitative estimate of drug-likeness (QED) is 0.391. The van der Waals surface area contributed by atoms with Crippen molar-refractivity contribution >= 4 is 8.07 Å². The molecule has 36 valence electrons. The molecule has 0 nitrogen and oxygen atoms in total. The Labute approximate surface area is 60.5 Å². The van der Waals surface area contributed by atoms with Gasteiger partial charge in [-0.15, -0.1) is 8.07 Å². The van der Waals surface area contributed by atoms with Gasteiger partial charge in [0.25, 0.3) is 0 Å². The normalized spacial score (nSPS) is 10.0. The zero-order valence-corrected chi connectivity index (χ0v) is 8.17. The summed E-state index contributed by atoms with van der Waals surface area (Å²) in [4.78, 5) is 0. The predicted molar refractivity (Wildman–Crippen MR) is 28.7 cm³/mol. The fraction of sp³-hybridized carbons (Fsp3) is 0.750. The first-order chi connectivity index (χ1) is 2.00. The van der Waals surface area contributed by atoms with Crippen LogP contribution in [-0.4, -0.2) is 8.07 Å². The van der Waals surface area contributed by atoms with Crippen molar-refractivity contribution in [1.29, 1.82) is 0 Å². The van der Waals surface area contributed by atoms with Crippen LogP contribution in [0.15, 0.2) is 0 Å². The van der Waals surface area contributed by atoms with E-state index in [0.29, 0.717) is 0 Å². The van der Waals surface area contributed by atoms with Gasteiger partial charge in [0.2, 0.25) is 0 Å². The molecule has 0 saturated heterocycles. The summed E-state index contributed by atoms with van der Waals surface area (Å²) in [5, 5.41) is 0. The van der Waals surface area contributed by atoms with Gasteiger partial charge < -0.3 is 6.55 Å². The Kier molecular flexibility index (Phi) is 5.33. The van der Waals surface area contributed by atoms with Gasteiger partial charge in [-0.1, -0.05) is 19.6 Å². The molecular formula is C4H11SiZr-. The molecule has 0 aromatic carbocycles. The van der Waals surface area contributed by atoms with Crippen LogP contribution >= 0.6 is 0 Å². The van der Waals surface area contributed by atoms with Crippen LogP contribution in [0.1, 0.15) is 0 Å². The molecule has 0 N–H and O–H groups in total. The molecule has 6 heavy (non-hydrogen) atoms. The van der Waals surface area contributed by atoms with E-state index in [2.05, 4.69) is 26.2 Å². The second kappa shape index (κ2) is 3.15. The summed E-state index contributed by atoms with van der Waals surface area (Å²) in [6.07, 6.45) is 0. The molecule has 0 aliphatic rings. The Morgan fingerprint density at radius 2 is 1.17 bits per heavy atom. The van der Waals surface area contributed by atoms with Crippen LogP contribution in [0.3, 0.4) is 0 Å². The Balaban J connectivity index is 0. The molecule has 0 atom stereocenters. The van der Waals surface area contributed by atoms with Gasteiger partial charge in [-0.3, -0.25) is 0 Å². The zero-order chi connectivity index (χ0) is 4.50. The third kappa shape index (κ3) is 70.9. The van der Waals surface area contributed by atoms with Crippen LogP contribution in [0.2, 0.25) is 19.6 Å². The third-order valence-corrected chi connectivity index (χ3v) is 0. The van der Waals surface area contributed by atoms with Crippen LogP contribution in [0.25, 0.3) is 0 Å². The Morgan fingerprint density at radius 3 is 1.17 bits per heavy atom. The topological polar surface area (TPSA) is 0 Å². The van der Waals surface area contributed by atoms with Gasteiger partial charge >= 0.3 is 0 Å². The van der Waals surface area contributed by atoms with Gasteiger partial charge in [-0.05, 0) is 0 Å². The SMILES string of the molecule is [CH2-][Si](C)(C)C.[Zr]. The summed E-state index contributed by atoms with van der Waals surface area (Å²) in [5.41, 5.74) is 0. The summed E-state index contributed by atoms with van der Waals surface area (Å²) in [7, 11) is -0.861. The molecule has 0 aromatic rings.